The Labute approximate surface area is 166 Å². The molecule has 0 atom stereocenters. The van der Waals surface area contributed by atoms with Gasteiger partial charge in [-0.25, -0.2) is 4.68 Å². The predicted octanol–water partition coefficient (Wildman–Crippen LogP) is 2.52. The Balaban J connectivity index is 0.00000261. The average Bonchev–Trinajstić information content (AvgIpc) is 3.17. The molecule has 7 nitrogen and oxygen atoms in total. The first kappa shape index (κ1) is 21.2. The number of aromatic nitrogens is 3. The Morgan fingerprint density at radius 2 is 2.00 bits per heavy atom. The highest BCUT2D eigenvalue weighted by Crippen LogP contribution is 2.17. The van der Waals surface area contributed by atoms with Crippen molar-refractivity contribution >= 4 is 18.3 Å². The van der Waals surface area contributed by atoms with Crippen LogP contribution in [0.15, 0.2) is 30.5 Å². The lowest BCUT2D eigenvalue weighted by Gasteiger charge is -2.22. The molecule has 0 spiro atoms. The molecule has 0 aliphatic carbocycles. The second kappa shape index (κ2) is 10.9. The van der Waals surface area contributed by atoms with Crippen molar-refractivity contribution in [2.24, 2.45) is 0 Å². The number of nitrogens with one attached hydrogen (secondary N) is 2. The van der Waals surface area contributed by atoms with Gasteiger partial charge in [-0.1, -0.05) is 22.9 Å². The second-order valence-electron chi connectivity index (χ2n) is 6.69. The van der Waals surface area contributed by atoms with Gasteiger partial charge in [-0.2, -0.15) is 0 Å². The first-order chi connectivity index (χ1) is 12.7. The molecule has 2 heterocycles. The van der Waals surface area contributed by atoms with Gasteiger partial charge in [-0.05, 0) is 57.8 Å². The number of amides is 1. The summed E-state index contributed by atoms with van der Waals surface area (Å²) in [7, 11) is 0. The Morgan fingerprint density at radius 1 is 1.26 bits per heavy atom. The van der Waals surface area contributed by atoms with E-state index in [4.69, 9.17) is 4.74 Å². The molecule has 8 heteroatoms. The van der Waals surface area contributed by atoms with Gasteiger partial charge in [-0.3, -0.25) is 4.79 Å². The van der Waals surface area contributed by atoms with Gasteiger partial charge in [0.05, 0.1) is 18.8 Å². The number of rotatable bonds is 8. The van der Waals surface area contributed by atoms with Crippen molar-refractivity contribution in [1.82, 2.24) is 25.6 Å². The normalized spacial score (nSPS) is 14.4. The molecule has 27 heavy (non-hydrogen) atoms. The maximum absolute atomic E-state index is 12.2. The van der Waals surface area contributed by atoms with Gasteiger partial charge in [0, 0.05) is 6.54 Å². The van der Waals surface area contributed by atoms with Crippen molar-refractivity contribution in [2.75, 3.05) is 26.2 Å². The Hall–Kier alpha value is -2.12. The Bertz CT molecular complexity index is 698. The lowest BCUT2D eigenvalue weighted by molar-refractivity contribution is 0.0947. The number of piperidine rings is 1. The first-order valence-corrected chi connectivity index (χ1v) is 9.32. The number of halogens is 1. The van der Waals surface area contributed by atoms with Crippen LogP contribution in [0.5, 0.6) is 5.75 Å². The minimum atomic E-state index is -0.162. The van der Waals surface area contributed by atoms with Crippen LogP contribution >= 0.6 is 12.4 Å². The van der Waals surface area contributed by atoms with E-state index in [0.29, 0.717) is 24.9 Å². The second-order valence-corrected chi connectivity index (χ2v) is 6.69. The molecule has 1 aliphatic heterocycles. The molecule has 1 aromatic carbocycles. The highest BCUT2D eigenvalue weighted by Gasteiger charge is 2.18. The van der Waals surface area contributed by atoms with E-state index in [-0.39, 0.29) is 18.3 Å². The van der Waals surface area contributed by atoms with Crippen molar-refractivity contribution in [3.63, 3.8) is 0 Å². The zero-order valence-corrected chi connectivity index (χ0v) is 16.5. The number of benzene rings is 1. The van der Waals surface area contributed by atoms with E-state index in [2.05, 4.69) is 27.9 Å². The van der Waals surface area contributed by atoms with Gasteiger partial charge in [0.2, 0.25) is 0 Å². The minimum Gasteiger partial charge on any atom is -0.494 e. The molecular weight excluding hydrogens is 366 g/mol. The van der Waals surface area contributed by atoms with E-state index < -0.39 is 0 Å². The van der Waals surface area contributed by atoms with E-state index >= 15 is 0 Å². The molecule has 2 N–H and O–H groups in total. The summed E-state index contributed by atoms with van der Waals surface area (Å²) in [6.45, 7) is 5.27. The van der Waals surface area contributed by atoms with Crippen LogP contribution in [-0.2, 0) is 0 Å². The fourth-order valence-corrected chi connectivity index (χ4v) is 2.97. The zero-order chi connectivity index (χ0) is 18.2. The number of unbranched alkanes of at least 4 members (excludes halogenated alkanes) is 1. The number of ether oxygens (including phenoxy) is 1. The van der Waals surface area contributed by atoms with Gasteiger partial charge >= 0.3 is 0 Å². The molecule has 1 fully saturated rings. The average molecular weight is 394 g/mol. The minimum absolute atomic E-state index is 0. The molecule has 3 rings (SSSR count). The van der Waals surface area contributed by atoms with E-state index in [1.165, 1.54) is 5.56 Å². The van der Waals surface area contributed by atoms with E-state index in [1.807, 2.05) is 28.9 Å². The summed E-state index contributed by atoms with van der Waals surface area (Å²) in [6, 6.07) is 8.36. The summed E-state index contributed by atoms with van der Waals surface area (Å²) in [5.74, 6) is 0.721. The van der Waals surface area contributed by atoms with E-state index in [9.17, 15) is 4.79 Å². The number of hydrogen-bond donors (Lipinski definition) is 2. The van der Waals surface area contributed by atoms with Crippen LogP contribution in [0.25, 0.3) is 0 Å². The molecule has 1 amide bonds. The summed E-state index contributed by atoms with van der Waals surface area (Å²) in [4.78, 5) is 12.2. The smallest absolute Gasteiger partial charge is 0.273 e. The number of hydrogen-bond acceptors (Lipinski definition) is 5. The number of nitrogens with zero attached hydrogens (tertiary/aromatic N) is 3. The molecule has 0 bridgehead atoms. The van der Waals surface area contributed by atoms with Crippen LogP contribution in [0.3, 0.4) is 0 Å². The van der Waals surface area contributed by atoms with Gasteiger partial charge < -0.3 is 15.4 Å². The highest BCUT2D eigenvalue weighted by molar-refractivity contribution is 5.91. The SMILES string of the molecule is Cc1ccc(OCCCCNC(=O)c2cn(C3CCNCC3)nn2)cc1.Cl. The third-order valence-corrected chi connectivity index (χ3v) is 4.57. The fraction of sp³-hybridized carbons (Fsp3) is 0.526. The third-order valence-electron chi connectivity index (χ3n) is 4.57. The van der Waals surface area contributed by atoms with Crippen molar-refractivity contribution in [3.05, 3.63) is 41.7 Å². The highest BCUT2D eigenvalue weighted by atomic mass is 35.5. The van der Waals surface area contributed by atoms with Crippen molar-refractivity contribution in [3.8, 4) is 5.75 Å². The van der Waals surface area contributed by atoms with Crippen LogP contribution in [0.2, 0.25) is 0 Å². The Kier molecular flexibility index (Phi) is 8.54. The van der Waals surface area contributed by atoms with Crippen molar-refractivity contribution in [1.29, 1.82) is 0 Å². The molecule has 1 aliphatic rings. The number of carbonyl (C=O) groups is 1. The van der Waals surface area contributed by atoms with Crippen LogP contribution in [-0.4, -0.2) is 47.1 Å². The number of carbonyl (C=O) groups excluding carboxylic acids is 1. The standard InChI is InChI=1S/C19H27N5O2.ClH/c1-15-4-6-17(7-5-15)26-13-3-2-10-21-19(25)18-14-24(23-22-18)16-8-11-20-12-9-16;/h4-7,14,16,20H,2-3,8-13H2,1H3,(H,21,25);1H. The monoisotopic (exact) mass is 393 g/mol. The first-order valence-electron chi connectivity index (χ1n) is 9.32. The van der Waals surface area contributed by atoms with E-state index in [0.717, 1.165) is 44.5 Å². The zero-order valence-electron chi connectivity index (χ0n) is 15.7. The van der Waals surface area contributed by atoms with Gasteiger partial charge in [-0.15, -0.1) is 17.5 Å². The summed E-state index contributed by atoms with van der Waals surface area (Å²) in [6.07, 6.45) is 5.54. The van der Waals surface area contributed by atoms with Gasteiger partial charge in [0.1, 0.15) is 5.75 Å². The largest absolute Gasteiger partial charge is 0.494 e. The third kappa shape index (κ3) is 6.52. The summed E-state index contributed by atoms with van der Waals surface area (Å²) < 4.78 is 7.50. The fourth-order valence-electron chi connectivity index (χ4n) is 2.97. The summed E-state index contributed by atoms with van der Waals surface area (Å²) >= 11 is 0. The van der Waals surface area contributed by atoms with Crippen LogP contribution in [0.4, 0.5) is 0 Å². The molecule has 1 aromatic heterocycles. The van der Waals surface area contributed by atoms with Crippen LogP contribution < -0.4 is 15.4 Å². The summed E-state index contributed by atoms with van der Waals surface area (Å²) in [5.41, 5.74) is 1.61. The van der Waals surface area contributed by atoms with Crippen molar-refractivity contribution < 1.29 is 9.53 Å². The van der Waals surface area contributed by atoms with Crippen molar-refractivity contribution in [2.45, 2.75) is 38.6 Å². The maximum Gasteiger partial charge on any atom is 0.273 e. The molecular formula is C19H28ClN5O2. The maximum atomic E-state index is 12.2. The topological polar surface area (TPSA) is 81.1 Å². The lowest BCUT2D eigenvalue weighted by atomic mass is 10.1. The quantitative estimate of drug-likeness (QED) is 0.673. The number of aryl methyl sites for hydroxylation is 1. The van der Waals surface area contributed by atoms with Crippen LogP contribution in [0, 0.1) is 6.92 Å². The molecule has 0 unspecified atom stereocenters. The summed E-state index contributed by atoms with van der Waals surface area (Å²) in [5, 5.41) is 14.3. The Morgan fingerprint density at radius 3 is 2.74 bits per heavy atom. The molecule has 1 saturated heterocycles. The van der Waals surface area contributed by atoms with Crippen LogP contribution in [0.1, 0.15) is 47.8 Å². The molecule has 0 saturated carbocycles. The molecule has 0 radical (unpaired) electrons. The predicted molar refractivity (Wildman–Crippen MR) is 107 cm³/mol. The van der Waals surface area contributed by atoms with E-state index in [1.54, 1.807) is 6.20 Å². The lowest BCUT2D eigenvalue weighted by Crippen LogP contribution is -2.29. The van der Waals surface area contributed by atoms with Gasteiger partial charge in [0.25, 0.3) is 5.91 Å². The van der Waals surface area contributed by atoms with Gasteiger partial charge in [0.15, 0.2) is 5.69 Å². The molecule has 2 aromatic rings. The molecule has 148 valence electrons.